The largest absolute Gasteiger partial charge is 0.379 e. The lowest BCUT2D eigenvalue weighted by molar-refractivity contribution is 0.111. The Morgan fingerprint density at radius 2 is 1.67 bits per heavy atom. The normalized spacial score (nSPS) is 27.0. The van der Waals surface area contributed by atoms with E-state index < -0.39 is 6.23 Å². The fraction of sp³-hybridized carbons (Fsp3) is 1.00. The third-order valence-electron chi connectivity index (χ3n) is 3.91. The minimum atomic E-state index is -0.646. The van der Waals surface area contributed by atoms with Crippen LogP contribution < -0.4 is 11.5 Å². The van der Waals surface area contributed by atoms with Gasteiger partial charge in [0.1, 0.15) is 6.23 Å². The van der Waals surface area contributed by atoms with Gasteiger partial charge in [-0.15, -0.1) is 0 Å². The number of aliphatic hydroxyl groups excluding tert-OH is 1. The number of hydrogen-bond acceptors (Lipinski definition) is 3. The summed E-state index contributed by atoms with van der Waals surface area (Å²) in [6.07, 6.45) is 4.32. The molecule has 1 saturated carbocycles. The molecule has 5 N–H and O–H groups in total. The predicted octanol–water partition coefficient (Wildman–Crippen LogP) is 2.72. The Bertz CT molecular complexity index is 205. The van der Waals surface area contributed by atoms with Crippen molar-refractivity contribution in [1.82, 2.24) is 0 Å². The standard InChI is InChI=1S/C8H17N.C7H17NO/c1-6(2)7-4-3-5-8(7)9;1-5(2)4-6(3)7(8)9/h6-8H,3-5,9H2,1-2H3;5-7,9H,4,8H2,1-3H3. The lowest BCUT2D eigenvalue weighted by Gasteiger charge is -2.18. The fourth-order valence-electron chi connectivity index (χ4n) is 2.73. The number of aliphatic hydroxyl groups is 1. The summed E-state index contributed by atoms with van der Waals surface area (Å²) in [5, 5.41) is 8.85. The molecule has 0 bridgehead atoms. The van der Waals surface area contributed by atoms with Gasteiger partial charge in [0.05, 0.1) is 0 Å². The third kappa shape index (κ3) is 7.34. The zero-order valence-electron chi connectivity index (χ0n) is 12.9. The first-order valence-corrected chi connectivity index (χ1v) is 7.44. The summed E-state index contributed by atoms with van der Waals surface area (Å²) in [7, 11) is 0. The highest BCUT2D eigenvalue weighted by molar-refractivity contribution is 4.81. The van der Waals surface area contributed by atoms with Crippen molar-refractivity contribution in [2.24, 2.45) is 35.1 Å². The second-order valence-corrected chi connectivity index (χ2v) is 6.60. The van der Waals surface area contributed by atoms with Gasteiger partial charge >= 0.3 is 0 Å². The van der Waals surface area contributed by atoms with E-state index >= 15 is 0 Å². The van der Waals surface area contributed by atoms with Crippen molar-refractivity contribution in [3.63, 3.8) is 0 Å². The van der Waals surface area contributed by atoms with Crippen LogP contribution in [0.4, 0.5) is 0 Å². The van der Waals surface area contributed by atoms with Gasteiger partial charge in [0.15, 0.2) is 0 Å². The molecule has 3 heteroatoms. The van der Waals surface area contributed by atoms with Crippen molar-refractivity contribution >= 4 is 0 Å². The predicted molar refractivity (Wildman–Crippen MR) is 79.0 cm³/mol. The molecule has 3 nitrogen and oxygen atoms in total. The summed E-state index contributed by atoms with van der Waals surface area (Å²) in [6, 6.07) is 0.505. The second kappa shape index (κ2) is 8.89. The molecule has 0 aromatic carbocycles. The smallest absolute Gasteiger partial charge is 0.105 e. The van der Waals surface area contributed by atoms with Gasteiger partial charge in [0.25, 0.3) is 0 Å². The van der Waals surface area contributed by atoms with Crippen molar-refractivity contribution in [2.45, 2.75) is 72.6 Å². The Balaban J connectivity index is 0.000000321. The van der Waals surface area contributed by atoms with Gasteiger partial charge in [-0.1, -0.05) is 41.0 Å². The Labute approximate surface area is 113 Å². The summed E-state index contributed by atoms with van der Waals surface area (Å²) < 4.78 is 0. The van der Waals surface area contributed by atoms with Crippen molar-refractivity contribution < 1.29 is 5.11 Å². The molecule has 18 heavy (non-hydrogen) atoms. The van der Waals surface area contributed by atoms with Crippen LogP contribution in [0.25, 0.3) is 0 Å². The Morgan fingerprint density at radius 1 is 1.11 bits per heavy atom. The van der Waals surface area contributed by atoms with Crippen LogP contribution in [-0.2, 0) is 0 Å². The van der Waals surface area contributed by atoms with Gasteiger partial charge in [0.2, 0.25) is 0 Å². The van der Waals surface area contributed by atoms with E-state index in [2.05, 4.69) is 27.7 Å². The lowest BCUT2D eigenvalue weighted by Crippen LogP contribution is -2.28. The Hall–Kier alpha value is -0.120. The van der Waals surface area contributed by atoms with Crippen LogP contribution in [0.5, 0.6) is 0 Å². The molecule has 0 aromatic rings. The SMILES string of the molecule is CC(C)C1CCCC1N.CC(C)CC(C)C(N)O. The van der Waals surface area contributed by atoms with Crippen LogP contribution in [-0.4, -0.2) is 17.4 Å². The quantitative estimate of drug-likeness (QED) is 0.679. The second-order valence-electron chi connectivity index (χ2n) is 6.60. The minimum absolute atomic E-state index is 0.227. The highest BCUT2D eigenvalue weighted by Crippen LogP contribution is 2.29. The van der Waals surface area contributed by atoms with Gasteiger partial charge < -0.3 is 16.6 Å². The summed E-state index contributed by atoms with van der Waals surface area (Å²) in [5.74, 6) is 2.45. The summed E-state index contributed by atoms with van der Waals surface area (Å²) in [5.41, 5.74) is 11.1. The monoisotopic (exact) mass is 258 g/mol. The van der Waals surface area contributed by atoms with Gasteiger partial charge in [-0.05, 0) is 42.9 Å². The van der Waals surface area contributed by atoms with Crippen LogP contribution in [0.1, 0.15) is 60.3 Å². The molecule has 0 amide bonds. The molecule has 1 fully saturated rings. The van der Waals surface area contributed by atoms with Crippen molar-refractivity contribution in [2.75, 3.05) is 0 Å². The highest BCUT2D eigenvalue weighted by Gasteiger charge is 2.25. The lowest BCUT2D eigenvalue weighted by atomic mass is 9.92. The number of rotatable bonds is 4. The maximum absolute atomic E-state index is 8.85. The van der Waals surface area contributed by atoms with Crippen molar-refractivity contribution in [3.8, 4) is 0 Å². The maximum Gasteiger partial charge on any atom is 0.105 e. The molecule has 0 heterocycles. The van der Waals surface area contributed by atoms with Crippen LogP contribution in [0, 0.1) is 23.7 Å². The van der Waals surface area contributed by atoms with Crippen LogP contribution in [0.3, 0.4) is 0 Å². The van der Waals surface area contributed by atoms with Gasteiger partial charge in [-0.25, -0.2) is 0 Å². The zero-order chi connectivity index (χ0) is 14.3. The average Bonchev–Trinajstić information content (AvgIpc) is 2.64. The summed E-state index contributed by atoms with van der Waals surface area (Å²) in [6.45, 7) is 10.8. The first-order chi connectivity index (χ1) is 8.25. The number of hydrogen-bond donors (Lipinski definition) is 3. The van der Waals surface area contributed by atoms with Crippen LogP contribution >= 0.6 is 0 Å². The maximum atomic E-state index is 8.85. The highest BCUT2D eigenvalue weighted by atomic mass is 16.3. The van der Waals surface area contributed by atoms with Gasteiger partial charge in [-0.3, -0.25) is 0 Å². The van der Waals surface area contributed by atoms with Crippen LogP contribution in [0.2, 0.25) is 0 Å². The average molecular weight is 258 g/mol. The zero-order valence-corrected chi connectivity index (χ0v) is 12.9. The molecule has 0 spiro atoms. The molecule has 0 saturated heterocycles. The minimum Gasteiger partial charge on any atom is -0.379 e. The summed E-state index contributed by atoms with van der Waals surface area (Å²) >= 11 is 0. The molecular formula is C15H34N2O. The molecule has 110 valence electrons. The van der Waals surface area contributed by atoms with Crippen LogP contribution in [0.15, 0.2) is 0 Å². The molecule has 1 aliphatic rings. The molecule has 1 rings (SSSR count). The van der Waals surface area contributed by atoms with E-state index in [4.69, 9.17) is 16.6 Å². The van der Waals surface area contributed by atoms with E-state index in [1.807, 2.05) is 6.92 Å². The molecule has 0 radical (unpaired) electrons. The first-order valence-electron chi connectivity index (χ1n) is 7.44. The van der Waals surface area contributed by atoms with Crippen molar-refractivity contribution in [3.05, 3.63) is 0 Å². The third-order valence-corrected chi connectivity index (χ3v) is 3.91. The molecule has 4 unspecified atom stereocenters. The van der Waals surface area contributed by atoms with E-state index in [0.29, 0.717) is 12.0 Å². The van der Waals surface area contributed by atoms with E-state index in [-0.39, 0.29) is 5.92 Å². The van der Waals surface area contributed by atoms with E-state index in [1.165, 1.54) is 19.3 Å². The van der Waals surface area contributed by atoms with Gasteiger partial charge in [0, 0.05) is 6.04 Å². The summed E-state index contributed by atoms with van der Waals surface area (Å²) in [4.78, 5) is 0. The Morgan fingerprint density at radius 3 is 1.83 bits per heavy atom. The molecule has 0 aromatic heterocycles. The van der Waals surface area contributed by atoms with E-state index in [0.717, 1.165) is 18.3 Å². The molecule has 4 atom stereocenters. The molecule has 0 aliphatic heterocycles. The van der Waals surface area contributed by atoms with E-state index in [1.54, 1.807) is 0 Å². The fourth-order valence-corrected chi connectivity index (χ4v) is 2.73. The first kappa shape index (κ1) is 17.9. The Kier molecular flexibility index (Phi) is 8.83. The van der Waals surface area contributed by atoms with Gasteiger partial charge in [-0.2, -0.15) is 0 Å². The molecular weight excluding hydrogens is 224 g/mol. The topological polar surface area (TPSA) is 72.3 Å². The number of nitrogens with two attached hydrogens (primary N) is 2. The van der Waals surface area contributed by atoms with E-state index in [9.17, 15) is 0 Å². The van der Waals surface area contributed by atoms with Crippen molar-refractivity contribution in [1.29, 1.82) is 0 Å². The molecule has 1 aliphatic carbocycles.